The van der Waals surface area contributed by atoms with Gasteiger partial charge in [-0.05, 0) is 36.8 Å². The molecule has 1 aromatic rings. The predicted octanol–water partition coefficient (Wildman–Crippen LogP) is 1.35. The lowest BCUT2D eigenvalue weighted by Gasteiger charge is -2.11. The molecule has 0 radical (unpaired) electrons. The minimum absolute atomic E-state index is 0.0133. The zero-order chi connectivity index (χ0) is 12.8. The summed E-state index contributed by atoms with van der Waals surface area (Å²) in [5.41, 5.74) is 1.33. The van der Waals surface area contributed by atoms with Gasteiger partial charge in [0.2, 0.25) is 0 Å². The first-order valence-electron chi connectivity index (χ1n) is 5.16. The van der Waals surface area contributed by atoms with E-state index in [-0.39, 0.29) is 12.5 Å². The number of nitrogens with zero attached hydrogens (tertiary/aromatic N) is 2. The standard InChI is InChI=1S/C12H16N2O3/c1-9(13-16)10-4-6-11(7-5-10)17-8-12(15)14(2)3/h4-7,16H,8H2,1-3H3/b13-9+. The summed E-state index contributed by atoms with van der Waals surface area (Å²) in [6.07, 6.45) is 0. The average Bonchev–Trinajstić information content (AvgIpc) is 2.35. The number of rotatable bonds is 4. The van der Waals surface area contributed by atoms with Crippen LogP contribution in [-0.4, -0.2) is 42.4 Å². The molecule has 0 saturated heterocycles. The molecular weight excluding hydrogens is 220 g/mol. The Balaban J connectivity index is 2.60. The number of hydrogen-bond donors (Lipinski definition) is 1. The van der Waals surface area contributed by atoms with E-state index in [0.717, 1.165) is 5.56 Å². The summed E-state index contributed by atoms with van der Waals surface area (Å²) in [5.74, 6) is 0.511. The monoisotopic (exact) mass is 236 g/mol. The Hall–Kier alpha value is -2.04. The van der Waals surface area contributed by atoms with Gasteiger partial charge in [0.05, 0.1) is 5.71 Å². The van der Waals surface area contributed by atoms with Crippen LogP contribution < -0.4 is 4.74 Å². The van der Waals surface area contributed by atoms with Gasteiger partial charge in [0, 0.05) is 14.1 Å². The highest BCUT2D eigenvalue weighted by molar-refractivity contribution is 5.98. The second-order valence-electron chi connectivity index (χ2n) is 3.79. The molecule has 5 nitrogen and oxygen atoms in total. The molecule has 0 atom stereocenters. The van der Waals surface area contributed by atoms with Gasteiger partial charge in [0.25, 0.3) is 5.91 Å². The van der Waals surface area contributed by atoms with E-state index in [1.54, 1.807) is 45.3 Å². The normalized spacial score (nSPS) is 11.1. The zero-order valence-electron chi connectivity index (χ0n) is 10.2. The van der Waals surface area contributed by atoms with Gasteiger partial charge in [-0.25, -0.2) is 0 Å². The Morgan fingerprint density at radius 1 is 1.35 bits per heavy atom. The van der Waals surface area contributed by atoms with Crippen LogP contribution in [0.1, 0.15) is 12.5 Å². The van der Waals surface area contributed by atoms with E-state index >= 15 is 0 Å². The van der Waals surface area contributed by atoms with Gasteiger partial charge < -0.3 is 14.8 Å². The van der Waals surface area contributed by atoms with Crippen LogP contribution in [0.3, 0.4) is 0 Å². The van der Waals surface area contributed by atoms with Crippen molar-refractivity contribution >= 4 is 11.6 Å². The smallest absolute Gasteiger partial charge is 0.259 e. The van der Waals surface area contributed by atoms with E-state index in [0.29, 0.717) is 11.5 Å². The number of likely N-dealkylation sites (N-methyl/N-ethyl adjacent to an activating group) is 1. The summed E-state index contributed by atoms with van der Waals surface area (Å²) in [5, 5.41) is 11.7. The van der Waals surface area contributed by atoms with Crippen molar-refractivity contribution in [1.82, 2.24) is 4.90 Å². The molecule has 0 aliphatic heterocycles. The Morgan fingerprint density at radius 2 is 1.94 bits per heavy atom. The lowest BCUT2D eigenvalue weighted by Crippen LogP contribution is -2.27. The van der Waals surface area contributed by atoms with Crippen LogP contribution in [0.2, 0.25) is 0 Å². The highest BCUT2D eigenvalue weighted by Gasteiger charge is 2.05. The van der Waals surface area contributed by atoms with E-state index in [1.807, 2.05) is 0 Å². The zero-order valence-corrected chi connectivity index (χ0v) is 10.2. The van der Waals surface area contributed by atoms with Gasteiger partial charge in [-0.1, -0.05) is 5.16 Å². The molecule has 1 N–H and O–H groups in total. The summed E-state index contributed by atoms with van der Waals surface area (Å²) in [6, 6.07) is 6.99. The molecule has 1 rings (SSSR count). The average molecular weight is 236 g/mol. The molecule has 0 aliphatic carbocycles. The maximum absolute atomic E-state index is 11.3. The van der Waals surface area contributed by atoms with Crippen molar-refractivity contribution in [2.24, 2.45) is 5.16 Å². The Morgan fingerprint density at radius 3 is 2.41 bits per heavy atom. The summed E-state index contributed by atoms with van der Waals surface area (Å²) in [4.78, 5) is 12.8. The maximum atomic E-state index is 11.3. The number of amides is 1. The van der Waals surface area contributed by atoms with Crippen molar-refractivity contribution in [2.75, 3.05) is 20.7 Å². The molecule has 0 fully saturated rings. The number of carbonyl (C=O) groups is 1. The maximum Gasteiger partial charge on any atom is 0.259 e. The lowest BCUT2D eigenvalue weighted by atomic mass is 10.1. The van der Waals surface area contributed by atoms with Crippen molar-refractivity contribution in [3.63, 3.8) is 0 Å². The summed E-state index contributed by atoms with van der Waals surface area (Å²) < 4.78 is 5.30. The molecule has 0 saturated carbocycles. The van der Waals surface area contributed by atoms with Crippen LogP contribution in [0, 0.1) is 0 Å². The molecule has 1 aromatic carbocycles. The van der Waals surface area contributed by atoms with Gasteiger partial charge in [-0.15, -0.1) is 0 Å². The van der Waals surface area contributed by atoms with Gasteiger partial charge >= 0.3 is 0 Å². The molecule has 92 valence electrons. The van der Waals surface area contributed by atoms with E-state index < -0.39 is 0 Å². The number of oxime groups is 1. The van der Waals surface area contributed by atoms with Crippen molar-refractivity contribution in [3.05, 3.63) is 29.8 Å². The first-order chi connectivity index (χ1) is 8.04. The van der Waals surface area contributed by atoms with Crippen LogP contribution in [0.4, 0.5) is 0 Å². The third kappa shape index (κ3) is 3.79. The van der Waals surface area contributed by atoms with Gasteiger partial charge in [0.15, 0.2) is 6.61 Å². The molecule has 0 bridgehead atoms. The second kappa shape index (κ2) is 5.89. The molecule has 5 heteroatoms. The largest absolute Gasteiger partial charge is 0.484 e. The molecule has 0 unspecified atom stereocenters. The molecule has 17 heavy (non-hydrogen) atoms. The SMILES string of the molecule is C/C(=N\O)c1ccc(OCC(=O)N(C)C)cc1. The Kier molecular flexibility index (Phi) is 4.51. The van der Waals surface area contributed by atoms with E-state index in [9.17, 15) is 4.79 Å². The highest BCUT2D eigenvalue weighted by atomic mass is 16.5. The molecule has 0 aliphatic rings. The number of hydrogen-bond acceptors (Lipinski definition) is 4. The van der Waals surface area contributed by atoms with Crippen LogP contribution in [0.5, 0.6) is 5.75 Å². The lowest BCUT2D eigenvalue weighted by molar-refractivity contribution is -0.130. The minimum atomic E-state index is -0.0952. The molecule has 1 amide bonds. The van der Waals surface area contributed by atoms with Crippen molar-refractivity contribution in [2.45, 2.75) is 6.92 Å². The summed E-state index contributed by atoms with van der Waals surface area (Å²) >= 11 is 0. The third-order valence-electron chi connectivity index (χ3n) is 2.28. The Labute approximate surface area is 100 Å². The third-order valence-corrected chi connectivity index (χ3v) is 2.28. The molecular formula is C12H16N2O3. The molecule has 0 heterocycles. The Bertz CT molecular complexity index is 410. The van der Waals surface area contributed by atoms with Crippen LogP contribution in [0.25, 0.3) is 0 Å². The number of benzene rings is 1. The highest BCUT2D eigenvalue weighted by Crippen LogP contribution is 2.12. The number of ether oxygens (including phenoxy) is 1. The second-order valence-corrected chi connectivity index (χ2v) is 3.79. The predicted molar refractivity (Wildman–Crippen MR) is 64.6 cm³/mol. The van der Waals surface area contributed by atoms with E-state index in [1.165, 1.54) is 4.90 Å². The summed E-state index contributed by atoms with van der Waals surface area (Å²) in [7, 11) is 3.35. The topological polar surface area (TPSA) is 62.1 Å². The van der Waals surface area contributed by atoms with Crippen LogP contribution >= 0.6 is 0 Å². The fourth-order valence-electron chi connectivity index (χ4n) is 1.12. The fourth-order valence-corrected chi connectivity index (χ4v) is 1.12. The van der Waals surface area contributed by atoms with Crippen LogP contribution in [0.15, 0.2) is 29.4 Å². The minimum Gasteiger partial charge on any atom is -0.484 e. The van der Waals surface area contributed by atoms with Crippen LogP contribution in [-0.2, 0) is 4.79 Å². The van der Waals surface area contributed by atoms with Gasteiger partial charge in [-0.3, -0.25) is 4.79 Å². The quantitative estimate of drug-likeness (QED) is 0.487. The van der Waals surface area contributed by atoms with E-state index in [2.05, 4.69) is 5.16 Å². The number of carbonyl (C=O) groups excluding carboxylic acids is 1. The first kappa shape index (κ1) is 13.0. The van der Waals surface area contributed by atoms with E-state index in [4.69, 9.17) is 9.94 Å². The van der Waals surface area contributed by atoms with Gasteiger partial charge in [0.1, 0.15) is 5.75 Å². The first-order valence-corrected chi connectivity index (χ1v) is 5.16. The fraction of sp³-hybridized carbons (Fsp3) is 0.333. The van der Waals surface area contributed by atoms with Gasteiger partial charge in [-0.2, -0.15) is 0 Å². The van der Waals surface area contributed by atoms with Crippen molar-refractivity contribution in [1.29, 1.82) is 0 Å². The van der Waals surface area contributed by atoms with Crippen molar-refractivity contribution < 1.29 is 14.7 Å². The molecule has 0 aromatic heterocycles. The summed E-state index contributed by atoms with van der Waals surface area (Å²) in [6.45, 7) is 1.71. The van der Waals surface area contributed by atoms with Crippen molar-refractivity contribution in [3.8, 4) is 5.75 Å². The molecule has 0 spiro atoms.